The van der Waals surface area contributed by atoms with Crippen LogP contribution in [0.2, 0.25) is 0 Å². The average Bonchev–Trinajstić information content (AvgIpc) is 3.18. The van der Waals surface area contributed by atoms with Crippen LogP contribution in [0.15, 0.2) is 211 Å². The van der Waals surface area contributed by atoms with Crippen molar-refractivity contribution in [1.82, 2.24) is 0 Å². The van der Waals surface area contributed by atoms with Gasteiger partial charge in [0.1, 0.15) is 11.5 Å². The molecule has 0 N–H and O–H groups in total. The van der Waals surface area contributed by atoms with Gasteiger partial charge in [0.05, 0.1) is 24.4 Å². The fourth-order valence-corrected chi connectivity index (χ4v) is 10.2. The highest BCUT2D eigenvalue weighted by Crippen LogP contribution is 2.37. The first-order chi connectivity index (χ1) is 41.0. The van der Waals surface area contributed by atoms with E-state index < -0.39 is 0 Å². The first-order valence-corrected chi connectivity index (χ1v) is 30.3. The average molecular weight is 1160 g/mol. The van der Waals surface area contributed by atoms with Gasteiger partial charge in [-0.1, -0.05) is 210 Å². The van der Waals surface area contributed by atoms with Crippen molar-refractivity contribution in [2.24, 2.45) is 0 Å². The van der Waals surface area contributed by atoms with E-state index in [9.17, 15) is 0 Å². The molecular weight excluding hydrogens is 1090 g/mol. The fraction of sp³-hybridized carbons (Fsp3) is 0.231. The summed E-state index contributed by atoms with van der Waals surface area (Å²) in [5.41, 5.74) is 6.52. The molecule has 0 aromatic heterocycles. The summed E-state index contributed by atoms with van der Waals surface area (Å²) < 4.78 is 24.9. The number of benzene rings is 10. The molecule has 10 aromatic rings. The number of hydrogen-bond acceptors (Lipinski definition) is 4. The SMILES string of the molecule is CC1(C)OB(c2ccc3c(ccc4ccccc43)c2)OC1(C)C.CCCCCCOc1ccc(C#CC#Cc2ccccc2-c2ccc3c(ccc4ccccc43)c2)cc1.CCCCCCOc1ccc(C#CC#Cc2ccccc2Br)cc1. The molecule has 418 valence electrons. The Bertz CT molecular complexity index is 4100. The predicted octanol–water partition coefficient (Wildman–Crippen LogP) is 19.1. The molecule has 0 spiro atoms. The van der Waals surface area contributed by atoms with Gasteiger partial charge in [0.15, 0.2) is 0 Å². The third-order valence-electron chi connectivity index (χ3n) is 15.3. The molecule has 0 amide bonds. The number of ether oxygens (including phenoxy) is 2. The molecule has 1 saturated heterocycles. The largest absolute Gasteiger partial charge is 0.494 e. The summed E-state index contributed by atoms with van der Waals surface area (Å²) in [6.07, 6.45) is 9.70. The van der Waals surface area contributed by atoms with Crippen LogP contribution in [0.4, 0.5) is 0 Å². The summed E-state index contributed by atoms with van der Waals surface area (Å²) in [6, 6.07) is 70.8. The zero-order valence-corrected chi connectivity index (χ0v) is 50.9. The first-order valence-electron chi connectivity index (χ1n) is 29.5. The molecule has 6 heteroatoms. The Balaban J connectivity index is 0.000000158. The van der Waals surface area contributed by atoms with Gasteiger partial charge in [-0.15, -0.1) is 0 Å². The highest BCUT2D eigenvalue weighted by Gasteiger charge is 2.51. The lowest BCUT2D eigenvalue weighted by atomic mass is 9.78. The zero-order valence-electron chi connectivity index (χ0n) is 49.3. The topological polar surface area (TPSA) is 36.9 Å². The Morgan fingerprint density at radius 2 is 0.845 bits per heavy atom. The highest BCUT2D eigenvalue weighted by atomic mass is 79.9. The molecule has 1 aliphatic rings. The molecular formula is C78H72BBrO4. The van der Waals surface area contributed by atoms with E-state index in [1.165, 1.54) is 81.6 Å². The van der Waals surface area contributed by atoms with Crippen LogP contribution >= 0.6 is 15.9 Å². The molecule has 11 rings (SSSR count). The molecule has 0 bridgehead atoms. The maximum atomic E-state index is 6.16. The lowest BCUT2D eigenvalue weighted by molar-refractivity contribution is 0.00578. The summed E-state index contributed by atoms with van der Waals surface area (Å²) >= 11 is 3.47. The van der Waals surface area contributed by atoms with Crippen LogP contribution in [-0.4, -0.2) is 31.5 Å². The Labute approximate surface area is 507 Å². The zero-order chi connectivity index (χ0) is 58.6. The standard InChI is InChI=1S/C36H30O.C22H21BrO.C20H21BO2/c1-2-3-4-11-26-37-33-23-18-28(19-24-33)12-5-6-13-29-14-7-9-16-34(29)31-22-25-36-32(27-31)21-20-30-15-8-10-17-35(30)36;1-2-3-4-9-18-24-21-16-14-19(15-17-21)10-5-6-11-20-12-7-8-13-22(20)23;1-19(2)20(3,4)23-21(22-19)16-11-12-18-15(13-16)10-9-14-7-5-6-8-17(14)18/h7-10,14-25,27H,2-4,11,26H2,1H3;7-8,12-17H,2-4,9,18H2,1H3;5-13H,1-4H3. The number of halogens is 1. The second-order valence-electron chi connectivity index (χ2n) is 22.0. The number of unbranched alkanes of at least 4 members (excludes halogenated alkanes) is 6. The summed E-state index contributed by atoms with van der Waals surface area (Å²) in [5, 5.41) is 10.1. The van der Waals surface area contributed by atoms with Crippen molar-refractivity contribution in [3.05, 3.63) is 233 Å². The molecule has 0 atom stereocenters. The van der Waals surface area contributed by atoms with Crippen molar-refractivity contribution in [3.8, 4) is 70.0 Å². The van der Waals surface area contributed by atoms with Gasteiger partial charge in [-0.3, -0.25) is 0 Å². The van der Waals surface area contributed by atoms with E-state index in [0.717, 1.165) is 80.9 Å². The van der Waals surface area contributed by atoms with E-state index in [0.29, 0.717) is 0 Å². The molecule has 4 nitrogen and oxygen atoms in total. The Hall–Kier alpha value is -8.46. The molecule has 0 aliphatic carbocycles. The number of hydrogen-bond donors (Lipinski definition) is 0. The van der Waals surface area contributed by atoms with Crippen molar-refractivity contribution < 1.29 is 18.8 Å². The van der Waals surface area contributed by atoms with E-state index >= 15 is 0 Å². The molecule has 84 heavy (non-hydrogen) atoms. The van der Waals surface area contributed by atoms with Crippen LogP contribution in [0.5, 0.6) is 11.5 Å². The lowest BCUT2D eigenvalue weighted by Gasteiger charge is -2.32. The van der Waals surface area contributed by atoms with E-state index in [-0.39, 0.29) is 18.3 Å². The van der Waals surface area contributed by atoms with Gasteiger partial charge in [-0.2, -0.15) is 0 Å². The Kier molecular flexibility index (Phi) is 21.3. The van der Waals surface area contributed by atoms with Crippen LogP contribution < -0.4 is 14.9 Å². The Morgan fingerprint density at radius 3 is 1.39 bits per heavy atom. The summed E-state index contributed by atoms with van der Waals surface area (Å²) in [7, 11) is -0.309. The molecule has 10 aromatic carbocycles. The van der Waals surface area contributed by atoms with E-state index in [2.05, 4.69) is 232 Å². The van der Waals surface area contributed by atoms with Crippen molar-refractivity contribution in [2.45, 2.75) is 104 Å². The quantitative estimate of drug-likeness (QED) is 0.0471. The van der Waals surface area contributed by atoms with Crippen LogP contribution in [0.25, 0.3) is 54.2 Å². The van der Waals surface area contributed by atoms with Gasteiger partial charge in [0.2, 0.25) is 0 Å². The molecule has 1 heterocycles. The summed E-state index contributed by atoms with van der Waals surface area (Å²) in [5.74, 6) is 26.1. The van der Waals surface area contributed by atoms with E-state index in [1.54, 1.807) is 0 Å². The smallest absolute Gasteiger partial charge is 0.494 e. The van der Waals surface area contributed by atoms with Crippen LogP contribution in [0.1, 0.15) is 115 Å². The highest BCUT2D eigenvalue weighted by molar-refractivity contribution is 9.10. The van der Waals surface area contributed by atoms with Gasteiger partial charge in [-0.05, 0) is 213 Å². The van der Waals surface area contributed by atoms with Gasteiger partial charge >= 0.3 is 7.12 Å². The minimum atomic E-state index is -0.310. The van der Waals surface area contributed by atoms with E-state index in [1.807, 2.05) is 78.9 Å². The minimum absolute atomic E-state index is 0.309. The first kappa shape index (κ1) is 60.1. The summed E-state index contributed by atoms with van der Waals surface area (Å²) in [6.45, 7) is 14.3. The minimum Gasteiger partial charge on any atom is -0.494 e. The Morgan fingerprint density at radius 1 is 0.405 bits per heavy atom. The predicted molar refractivity (Wildman–Crippen MR) is 358 cm³/mol. The van der Waals surface area contributed by atoms with Gasteiger partial charge in [-0.25, -0.2) is 0 Å². The van der Waals surface area contributed by atoms with E-state index in [4.69, 9.17) is 18.8 Å². The lowest BCUT2D eigenvalue weighted by Crippen LogP contribution is -2.41. The second-order valence-corrected chi connectivity index (χ2v) is 22.8. The monoisotopic (exact) mass is 1160 g/mol. The molecule has 1 fully saturated rings. The maximum absolute atomic E-state index is 6.16. The third kappa shape index (κ3) is 16.2. The molecule has 0 radical (unpaired) electrons. The number of rotatable bonds is 14. The van der Waals surface area contributed by atoms with Gasteiger partial charge in [0.25, 0.3) is 0 Å². The normalized spacial score (nSPS) is 12.6. The van der Waals surface area contributed by atoms with Crippen molar-refractivity contribution >= 4 is 71.6 Å². The summed E-state index contributed by atoms with van der Waals surface area (Å²) in [4.78, 5) is 0. The second kappa shape index (κ2) is 29.7. The third-order valence-corrected chi connectivity index (χ3v) is 16.0. The van der Waals surface area contributed by atoms with Crippen LogP contribution in [-0.2, 0) is 9.31 Å². The molecule has 0 unspecified atom stereocenters. The van der Waals surface area contributed by atoms with Gasteiger partial charge < -0.3 is 18.8 Å². The van der Waals surface area contributed by atoms with Crippen molar-refractivity contribution in [2.75, 3.05) is 13.2 Å². The van der Waals surface area contributed by atoms with Crippen LogP contribution in [0, 0.1) is 47.4 Å². The van der Waals surface area contributed by atoms with Crippen LogP contribution in [0.3, 0.4) is 0 Å². The van der Waals surface area contributed by atoms with Crippen molar-refractivity contribution in [1.29, 1.82) is 0 Å². The number of fused-ring (bicyclic) bond motifs is 6. The molecule has 1 aliphatic heterocycles. The van der Waals surface area contributed by atoms with Gasteiger partial charge in [0, 0.05) is 26.7 Å². The molecule has 0 saturated carbocycles. The maximum Gasteiger partial charge on any atom is 0.494 e. The van der Waals surface area contributed by atoms with Crippen molar-refractivity contribution in [3.63, 3.8) is 0 Å². The fourth-order valence-electron chi connectivity index (χ4n) is 9.86.